The first kappa shape index (κ1) is 15.8. The number of fused-ring (bicyclic) bond motifs is 3. The van der Waals surface area contributed by atoms with Crippen molar-refractivity contribution in [2.45, 2.75) is 32.1 Å². The molecule has 2 aromatic heterocycles. The maximum absolute atomic E-state index is 13.9. The van der Waals surface area contributed by atoms with Crippen LogP contribution in [0.2, 0.25) is 0 Å². The van der Waals surface area contributed by atoms with Gasteiger partial charge < -0.3 is 10.6 Å². The van der Waals surface area contributed by atoms with Gasteiger partial charge in [0.15, 0.2) is 5.65 Å². The molecule has 0 radical (unpaired) electrons. The summed E-state index contributed by atoms with van der Waals surface area (Å²) >= 11 is 0. The molecular formula is C19H22FN5O. The Balaban J connectivity index is 1.64. The summed E-state index contributed by atoms with van der Waals surface area (Å²) in [6.07, 6.45) is 2.71. The Hall–Kier alpha value is -2.41. The van der Waals surface area contributed by atoms with Crippen LogP contribution in [0.5, 0.6) is 0 Å². The molecule has 1 aliphatic heterocycles. The minimum Gasteiger partial charge on any atom is -0.366 e. The SMILES string of the molecule is Cc1[nH]n2c(nc3cc(F)cc(C(N)=O)c32)c1C1(C)CN(CC2CC2)C1. The van der Waals surface area contributed by atoms with Gasteiger partial charge in [0.1, 0.15) is 11.3 Å². The van der Waals surface area contributed by atoms with Gasteiger partial charge in [-0.05, 0) is 31.7 Å². The number of nitrogens with two attached hydrogens (primary N) is 1. The van der Waals surface area contributed by atoms with Crippen molar-refractivity contribution in [2.24, 2.45) is 11.7 Å². The molecule has 1 aromatic carbocycles. The maximum Gasteiger partial charge on any atom is 0.251 e. The number of imidazole rings is 1. The van der Waals surface area contributed by atoms with Gasteiger partial charge in [-0.15, -0.1) is 0 Å². The molecule has 136 valence electrons. The fraction of sp³-hybridized carbons (Fsp3) is 0.474. The zero-order valence-corrected chi connectivity index (χ0v) is 15.0. The van der Waals surface area contributed by atoms with Crippen LogP contribution in [0, 0.1) is 18.7 Å². The van der Waals surface area contributed by atoms with E-state index in [-0.39, 0.29) is 11.0 Å². The number of hydrogen-bond acceptors (Lipinski definition) is 3. The van der Waals surface area contributed by atoms with Crippen LogP contribution < -0.4 is 5.73 Å². The van der Waals surface area contributed by atoms with E-state index in [4.69, 9.17) is 5.73 Å². The summed E-state index contributed by atoms with van der Waals surface area (Å²) in [7, 11) is 0. The van der Waals surface area contributed by atoms with E-state index in [1.54, 1.807) is 4.52 Å². The summed E-state index contributed by atoms with van der Waals surface area (Å²) in [6, 6.07) is 2.53. The van der Waals surface area contributed by atoms with E-state index in [0.717, 1.165) is 35.9 Å². The van der Waals surface area contributed by atoms with Crippen molar-refractivity contribution in [1.82, 2.24) is 19.5 Å². The Bertz CT molecular complexity index is 1060. The highest BCUT2D eigenvalue weighted by Crippen LogP contribution is 2.41. The number of halogens is 1. The van der Waals surface area contributed by atoms with Crippen molar-refractivity contribution in [3.63, 3.8) is 0 Å². The summed E-state index contributed by atoms with van der Waals surface area (Å²) in [4.78, 5) is 19.0. The number of rotatable bonds is 4. The van der Waals surface area contributed by atoms with E-state index in [1.165, 1.54) is 31.5 Å². The number of H-pyrrole nitrogens is 1. The zero-order chi connectivity index (χ0) is 18.2. The first-order valence-corrected chi connectivity index (χ1v) is 9.09. The largest absolute Gasteiger partial charge is 0.366 e. The van der Waals surface area contributed by atoms with E-state index in [9.17, 15) is 9.18 Å². The molecule has 3 heterocycles. The number of nitrogens with one attached hydrogen (secondary N) is 1. The van der Waals surface area contributed by atoms with Gasteiger partial charge in [0, 0.05) is 42.4 Å². The van der Waals surface area contributed by atoms with Gasteiger partial charge >= 0.3 is 0 Å². The van der Waals surface area contributed by atoms with Crippen LogP contribution in [0.4, 0.5) is 4.39 Å². The molecule has 0 bridgehead atoms. The standard InChI is InChI=1S/C19H22FN5O/c1-10-15(19(2)8-24(9-19)7-11-3-4-11)18-22-14-6-12(20)5-13(17(21)26)16(14)25(18)23-10/h5-6,11,23H,3-4,7-9H2,1-2H3,(H2,21,26). The molecule has 0 spiro atoms. The Kier molecular flexibility index (Phi) is 3.08. The molecule has 1 saturated carbocycles. The minimum absolute atomic E-state index is 0.00698. The lowest BCUT2D eigenvalue weighted by Gasteiger charge is -2.48. The van der Waals surface area contributed by atoms with Crippen molar-refractivity contribution in [3.8, 4) is 0 Å². The number of aromatic nitrogens is 3. The molecule has 3 aromatic rings. The second-order valence-corrected chi connectivity index (χ2v) is 8.24. The molecule has 6 nitrogen and oxygen atoms in total. The minimum atomic E-state index is -0.657. The average molecular weight is 355 g/mol. The molecule has 1 saturated heterocycles. The lowest BCUT2D eigenvalue weighted by atomic mass is 9.75. The van der Waals surface area contributed by atoms with Gasteiger partial charge in [0.25, 0.3) is 5.91 Å². The molecule has 2 fully saturated rings. The molecule has 2 aliphatic rings. The van der Waals surface area contributed by atoms with Crippen molar-refractivity contribution in [1.29, 1.82) is 0 Å². The summed E-state index contributed by atoms with van der Waals surface area (Å²) < 4.78 is 15.7. The molecule has 3 N–H and O–H groups in total. The second-order valence-electron chi connectivity index (χ2n) is 8.24. The van der Waals surface area contributed by atoms with E-state index in [1.807, 2.05) is 6.92 Å². The van der Waals surface area contributed by atoms with Gasteiger partial charge in [-0.1, -0.05) is 6.92 Å². The fourth-order valence-corrected chi connectivity index (χ4v) is 4.65. The van der Waals surface area contributed by atoms with E-state index >= 15 is 0 Å². The molecular weight excluding hydrogens is 333 g/mol. The number of benzene rings is 1. The van der Waals surface area contributed by atoms with Gasteiger partial charge in [0.05, 0.1) is 11.1 Å². The number of carbonyl (C=O) groups excluding carboxylic acids is 1. The van der Waals surface area contributed by atoms with Crippen molar-refractivity contribution >= 4 is 22.6 Å². The number of nitrogens with zero attached hydrogens (tertiary/aromatic N) is 3. The summed E-state index contributed by atoms with van der Waals surface area (Å²) in [5, 5.41) is 3.31. The summed E-state index contributed by atoms with van der Waals surface area (Å²) in [6.45, 7) is 7.46. The van der Waals surface area contributed by atoms with Crippen molar-refractivity contribution in [3.05, 3.63) is 34.8 Å². The Labute approximate surface area is 150 Å². The Morgan fingerprint density at radius 2 is 2.15 bits per heavy atom. The molecule has 1 aliphatic carbocycles. The molecule has 0 atom stereocenters. The first-order valence-electron chi connectivity index (χ1n) is 9.09. The zero-order valence-electron chi connectivity index (χ0n) is 15.0. The number of primary amides is 1. The van der Waals surface area contributed by atoms with E-state index in [2.05, 4.69) is 21.9 Å². The summed E-state index contributed by atoms with van der Waals surface area (Å²) in [5.41, 5.74) is 9.56. The third kappa shape index (κ3) is 2.19. The number of likely N-dealkylation sites (tertiary alicyclic amines) is 1. The monoisotopic (exact) mass is 355 g/mol. The average Bonchev–Trinajstić information content (AvgIpc) is 3.19. The lowest BCUT2D eigenvalue weighted by Crippen LogP contribution is -2.58. The fourth-order valence-electron chi connectivity index (χ4n) is 4.65. The van der Waals surface area contributed by atoms with Gasteiger partial charge in [-0.2, -0.15) is 0 Å². The van der Waals surface area contributed by atoms with Crippen LogP contribution in [0.3, 0.4) is 0 Å². The van der Waals surface area contributed by atoms with Crippen LogP contribution in [0.25, 0.3) is 16.7 Å². The number of amides is 1. The number of carbonyl (C=O) groups is 1. The lowest BCUT2D eigenvalue weighted by molar-refractivity contribution is 0.0737. The van der Waals surface area contributed by atoms with Crippen LogP contribution in [-0.2, 0) is 5.41 Å². The topological polar surface area (TPSA) is 79.4 Å². The Morgan fingerprint density at radius 1 is 1.42 bits per heavy atom. The van der Waals surface area contributed by atoms with E-state index < -0.39 is 11.7 Å². The predicted molar refractivity (Wildman–Crippen MR) is 96.8 cm³/mol. The highest BCUT2D eigenvalue weighted by atomic mass is 19.1. The first-order chi connectivity index (χ1) is 12.4. The quantitative estimate of drug-likeness (QED) is 0.754. The third-order valence-electron chi connectivity index (χ3n) is 5.82. The highest BCUT2D eigenvalue weighted by Gasteiger charge is 2.45. The molecule has 1 amide bonds. The predicted octanol–water partition coefficient (Wildman–Crippen LogP) is 2.35. The van der Waals surface area contributed by atoms with Gasteiger partial charge in [0.2, 0.25) is 0 Å². The smallest absolute Gasteiger partial charge is 0.251 e. The maximum atomic E-state index is 13.9. The van der Waals surface area contributed by atoms with Crippen molar-refractivity contribution < 1.29 is 9.18 Å². The highest BCUT2D eigenvalue weighted by molar-refractivity contribution is 6.05. The molecule has 5 rings (SSSR count). The molecule has 26 heavy (non-hydrogen) atoms. The Morgan fingerprint density at radius 3 is 2.81 bits per heavy atom. The number of aromatic amines is 1. The summed E-state index contributed by atoms with van der Waals surface area (Å²) in [5.74, 6) is -0.284. The van der Waals surface area contributed by atoms with Crippen molar-refractivity contribution in [2.75, 3.05) is 19.6 Å². The van der Waals surface area contributed by atoms with Gasteiger partial charge in [-0.25, -0.2) is 13.9 Å². The van der Waals surface area contributed by atoms with Crippen LogP contribution in [-0.4, -0.2) is 45.0 Å². The normalized spacial score (nSPS) is 20.0. The van der Waals surface area contributed by atoms with Gasteiger partial charge in [-0.3, -0.25) is 9.89 Å². The third-order valence-corrected chi connectivity index (χ3v) is 5.82. The van der Waals surface area contributed by atoms with Crippen LogP contribution >= 0.6 is 0 Å². The number of hydrogen-bond donors (Lipinski definition) is 2. The van der Waals surface area contributed by atoms with E-state index in [0.29, 0.717) is 11.0 Å². The molecule has 7 heteroatoms. The second kappa shape index (κ2) is 5.07. The molecule has 0 unspecified atom stereocenters. The van der Waals surface area contributed by atoms with Crippen LogP contribution in [0.15, 0.2) is 12.1 Å². The number of aryl methyl sites for hydroxylation is 1. The van der Waals surface area contributed by atoms with Crippen LogP contribution in [0.1, 0.15) is 41.4 Å².